The number of ether oxygens (including phenoxy) is 1. The summed E-state index contributed by atoms with van der Waals surface area (Å²) in [4.78, 5) is 3.89. The second-order valence-electron chi connectivity index (χ2n) is 4.42. The maximum atomic E-state index is 8.84. The van der Waals surface area contributed by atoms with Gasteiger partial charge in [0, 0.05) is 18.9 Å². The minimum atomic E-state index is -0.127. The molecule has 86 valence electrons. The van der Waals surface area contributed by atoms with Crippen LogP contribution >= 0.6 is 0 Å². The van der Waals surface area contributed by atoms with E-state index in [0.29, 0.717) is 18.7 Å². The zero-order valence-electron chi connectivity index (χ0n) is 9.95. The van der Waals surface area contributed by atoms with Gasteiger partial charge >= 0.3 is 0 Å². The molecule has 0 fully saturated rings. The molecule has 0 bridgehead atoms. The van der Waals surface area contributed by atoms with Gasteiger partial charge in [0.15, 0.2) is 0 Å². The quantitative estimate of drug-likeness (QED) is 0.788. The first kappa shape index (κ1) is 12.5. The summed E-state index contributed by atoms with van der Waals surface area (Å²) in [5.74, 6) is 0. The molecule has 4 nitrogen and oxygen atoms in total. The highest BCUT2D eigenvalue weighted by Gasteiger charge is 2.09. The fourth-order valence-corrected chi connectivity index (χ4v) is 1.18. The first-order chi connectivity index (χ1) is 7.53. The van der Waals surface area contributed by atoms with Crippen molar-refractivity contribution in [1.82, 2.24) is 4.98 Å². The van der Waals surface area contributed by atoms with E-state index in [4.69, 9.17) is 10.00 Å². The standard InChI is InChI=1S/C12H17N3O/c1-12(2,3)16-7-6-15-11-4-5-14-9-10(11)8-13/h4-5,9H,6-7H2,1-3H3,(H,14,15). The van der Waals surface area contributed by atoms with E-state index in [-0.39, 0.29) is 5.60 Å². The van der Waals surface area contributed by atoms with Gasteiger partial charge in [0.1, 0.15) is 6.07 Å². The molecule has 0 saturated heterocycles. The predicted octanol–water partition coefficient (Wildman–Crippen LogP) is 2.18. The van der Waals surface area contributed by atoms with Gasteiger partial charge in [-0.2, -0.15) is 5.26 Å². The summed E-state index contributed by atoms with van der Waals surface area (Å²) < 4.78 is 5.56. The molecular weight excluding hydrogens is 202 g/mol. The van der Waals surface area contributed by atoms with Crippen LogP contribution in [-0.2, 0) is 4.74 Å². The summed E-state index contributed by atoms with van der Waals surface area (Å²) in [5, 5.41) is 12.0. The van der Waals surface area contributed by atoms with Crippen LogP contribution in [0.25, 0.3) is 0 Å². The first-order valence-electron chi connectivity index (χ1n) is 5.25. The van der Waals surface area contributed by atoms with Crippen LogP contribution in [0.15, 0.2) is 18.5 Å². The average molecular weight is 219 g/mol. The molecule has 0 aliphatic heterocycles. The Bertz CT molecular complexity index is 377. The van der Waals surface area contributed by atoms with Gasteiger partial charge in [-0.25, -0.2) is 0 Å². The van der Waals surface area contributed by atoms with Crippen molar-refractivity contribution in [3.05, 3.63) is 24.0 Å². The van der Waals surface area contributed by atoms with Crippen molar-refractivity contribution < 1.29 is 4.74 Å². The molecule has 4 heteroatoms. The number of rotatable bonds is 4. The van der Waals surface area contributed by atoms with E-state index in [9.17, 15) is 0 Å². The largest absolute Gasteiger partial charge is 0.382 e. The van der Waals surface area contributed by atoms with Gasteiger partial charge in [0.2, 0.25) is 0 Å². The Hall–Kier alpha value is -1.60. The van der Waals surface area contributed by atoms with Crippen LogP contribution in [0.4, 0.5) is 5.69 Å². The molecule has 16 heavy (non-hydrogen) atoms. The molecule has 1 aromatic heterocycles. The Kier molecular flexibility index (Phi) is 4.27. The molecule has 0 radical (unpaired) electrons. The molecule has 1 rings (SSSR count). The van der Waals surface area contributed by atoms with Crippen LogP contribution in [0.5, 0.6) is 0 Å². The zero-order valence-corrected chi connectivity index (χ0v) is 9.95. The van der Waals surface area contributed by atoms with Gasteiger partial charge in [-0.1, -0.05) is 0 Å². The third kappa shape index (κ3) is 4.28. The number of aromatic nitrogens is 1. The summed E-state index contributed by atoms with van der Waals surface area (Å²) in [5.41, 5.74) is 1.23. The van der Waals surface area contributed by atoms with Crippen molar-refractivity contribution in [1.29, 1.82) is 5.26 Å². The lowest BCUT2D eigenvalue weighted by atomic mass is 10.2. The third-order valence-electron chi connectivity index (χ3n) is 1.89. The van der Waals surface area contributed by atoms with E-state index < -0.39 is 0 Å². The Morgan fingerprint density at radius 1 is 1.50 bits per heavy atom. The molecule has 0 saturated carbocycles. The molecule has 0 aliphatic carbocycles. The van der Waals surface area contributed by atoms with Gasteiger partial charge < -0.3 is 10.1 Å². The predicted molar refractivity (Wildman–Crippen MR) is 63.1 cm³/mol. The minimum absolute atomic E-state index is 0.127. The second-order valence-corrected chi connectivity index (χ2v) is 4.42. The minimum Gasteiger partial charge on any atom is -0.382 e. The molecule has 1 aromatic rings. The topological polar surface area (TPSA) is 57.9 Å². The van der Waals surface area contributed by atoms with Crippen molar-refractivity contribution in [2.45, 2.75) is 26.4 Å². The van der Waals surface area contributed by atoms with E-state index in [2.05, 4.69) is 16.4 Å². The summed E-state index contributed by atoms with van der Waals surface area (Å²) in [6.45, 7) is 7.33. The Morgan fingerprint density at radius 2 is 2.25 bits per heavy atom. The van der Waals surface area contributed by atoms with E-state index >= 15 is 0 Å². The molecule has 1 N–H and O–H groups in total. The number of hydrogen-bond donors (Lipinski definition) is 1. The van der Waals surface area contributed by atoms with Crippen LogP contribution in [0, 0.1) is 11.3 Å². The maximum absolute atomic E-state index is 8.84. The highest BCUT2D eigenvalue weighted by Crippen LogP contribution is 2.12. The average Bonchev–Trinajstić information content (AvgIpc) is 2.23. The van der Waals surface area contributed by atoms with Gasteiger partial charge in [0.25, 0.3) is 0 Å². The van der Waals surface area contributed by atoms with E-state index in [1.807, 2.05) is 20.8 Å². The number of nitrogens with one attached hydrogen (secondary N) is 1. The lowest BCUT2D eigenvalue weighted by Crippen LogP contribution is -2.23. The van der Waals surface area contributed by atoms with E-state index in [1.165, 1.54) is 0 Å². The van der Waals surface area contributed by atoms with Crippen molar-refractivity contribution >= 4 is 5.69 Å². The van der Waals surface area contributed by atoms with Gasteiger partial charge in [-0.3, -0.25) is 4.98 Å². The summed E-state index contributed by atoms with van der Waals surface area (Å²) in [6, 6.07) is 3.87. The SMILES string of the molecule is CC(C)(C)OCCNc1ccncc1C#N. The number of hydrogen-bond acceptors (Lipinski definition) is 4. The lowest BCUT2D eigenvalue weighted by Gasteiger charge is -2.19. The van der Waals surface area contributed by atoms with Crippen LogP contribution in [0.1, 0.15) is 26.3 Å². The first-order valence-corrected chi connectivity index (χ1v) is 5.25. The summed E-state index contributed by atoms with van der Waals surface area (Å²) in [7, 11) is 0. The molecule has 0 atom stereocenters. The summed E-state index contributed by atoms with van der Waals surface area (Å²) in [6.07, 6.45) is 3.21. The molecule has 0 spiro atoms. The third-order valence-corrected chi connectivity index (χ3v) is 1.89. The molecule has 0 aromatic carbocycles. The summed E-state index contributed by atoms with van der Waals surface area (Å²) >= 11 is 0. The lowest BCUT2D eigenvalue weighted by molar-refractivity contribution is 0.00333. The normalized spacial score (nSPS) is 10.9. The monoisotopic (exact) mass is 219 g/mol. The number of nitriles is 1. The Balaban J connectivity index is 2.41. The Labute approximate surface area is 96.3 Å². The van der Waals surface area contributed by atoms with Crippen LogP contribution in [-0.4, -0.2) is 23.7 Å². The second kappa shape index (κ2) is 5.47. The van der Waals surface area contributed by atoms with E-state index in [1.54, 1.807) is 18.5 Å². The number of pyridine rings is 1. The molecule has 1 heterocycles. The van der Waals surface area contributed by atoms with Crippen LogP contribution in [0.3, 0.4) is 0 Å². The van der Waals surface area contributed by atoms with Crippen molar-refractivity contribution in [2.75, 3.05) is 18.5 Å². The molecule has 0 unspecified atom stereocenters. The fourth-order valence-electron chi connectivity index (χ4n) is 1.18. The molecule has 0 aliphatic rings. The van der Waals surface area contributed by atoms with Crippen molar-refractivity contribution in [3.8, 4) is 6.07 Å². The Morgan fingerprint density at radius 3 is 2.88 bits per heavy atom. The maximum Gasteiger partial charge on any atom is 0.103 e. The van der Waals surface area contributed by atoms with Gasteiger partial charge in [-0.15, -0.1) is 0 Å². The molecule has 0 amide bonds. The van der Waals surface area contributed by atoms with E-state index in [0.717, 1.165) is 5.69 Å². The van der Waals surface area contributed by atoms with Crippen molar-refractivity contribution in [2.24, 2.45) is 0 Å². The van der Waals surface area contributed by atoms with Crippen molar-refractivity contribution in [3.63, 3.8) is 0 Å². The van der Waals surface area contributed by atoms with Crippen LogP contribution in [0.2, 0.25) is 0 Å². The molecular formula is C12H17N3O. The van der Waals surface area contributed by atoms with Crippen LogP contribution < -0.4 is 5.32 Å². The number of anilines is 1. The smallest absolute Gasteiger partial charge is 0.103 e. The zero-order chi connectivity index (χ0) is 12.0. The highest BCUT2D eigenvalue weighted by molar-refractivity contribution is 5.55. The highest BCUT2D eigenvalue weighted by atomic mass is 16.5. The fraction of sp³-hybridized carbons (Fsp3) is 0.500. The number of nitrogens with zero attached hydrogens (tertiary/aromatic N) is 2. The van der Waals surface area contributed by atoms with Gasteiger partial charge in [0.05, 0.1) is 23.5 Å². The van der Waals surface area contributed by atoms with Gasteiger partial charge in [-0.05, 0) is 26.8 Å².